The van der Waals surface area contributed by atoms with Gasteiger partial charge in [-0.15, -0.1) is 0 Å². The van der Waals surface area contributed by atoms with Crippen molar-refractivity contribution in [3.8, 4) is 5.75 Å². The SMILES string of the molecule is O=C(N[C@H](NC(=S)Nc1cccc(O)c1)C(Cl)(Cl)Cl)c1ccccc1[N+](=O)[O-]. The van der Waals surface area contributed by atoms with Crippen molar-refractivity contribution in [3.05, 3.63) is 64.2 Å². The lowest BCUT2D eigenvalue weighted by Gasteiger charge is -2.27. The number of hydrogen-bond donors (Lipinski definition) is 4. The molecule has 1 atom stereocenters. The molecule has 0 aliphatic heterocycles. The summed E-state index contributed by atoms with van der Waals surface area (Å²) < 4.78 is -2.04. The minimum atomic E-state index is -2.04. The highest BCUT2D eigenvalue weighted by atomic mass is 35.6. The molecule has 0 aliphatic rings. The third-order valence-electron chi connectivity index (χ3n) is 3.33. The number of nitro groups is 1. The number of nitrogens with one attached hydrogen (secondary N) is 3. The minimum absolute atomic E-state index is 0.00965. The standard InChI is InChI=1S/C16H13Cl3N4O4S/c17-16(18,19)14(22-15(28)20-9-4-3-5-10(24)8-9)21-13(25)11-6-1-2-7-12(11)23(26)27/h1-8,14,24H,(H,21,25)(H2,20,22,28)/t14-/m1/s1. The molecule has 0 unspecified atom stereocenters. The van der Waals surface area contributed by atoms with Crippen molar-refractivity contribution in [2.75, 3.05) is 5.32 Å². The van der Waals surface area contributed by atoms with Crippen molar-refractivity contribution < 1.29 is 14.8 Å². The first-order chi connectivity index (χ1) is 13.1. The van der Waals surface area contributed by atoms with Crippen molar-refractivity contribution in [1.82, 2.24) is 10.6 Å². The number of phenolic OH excluding ortho intramolecular Hbond substituents is 1. The van der Waals surface area contributed by atoms with Crippen LogP contribution in [0.4, 0.5) is 11.4 Å². The van der Waals surface area contributed by atoms with Crippen LogP contribution in [0, 0.1) is 10.1 Å². The number of para-hydroxylation sites is 1. The summed E-state index contributed by atoms with van der Waals surface area (Å²) in [4.78, 5) is 22.9. The Morgan fingerprint density at radius 3 is 2.43 bits per heavy atom. The third kappa shape index (κ3) is 6.10. The topological polar surface area (TPSA) is 117 Å². The van der Waals surface area contributed by atoms with Crippen molar-refractivity contribution in [3.63, 3.8) is 0 Å². The van der Waals surface area contributed by atoms with E-state index in [9.17, 15) is 20.0 Å². The first kappa shape index (κ1) is 22.0. The van der Waals surface area contributed by atoms with E-state index < -0.39 is 26.5 Å². The van der Waals surface area contributed by atoms with Crippen LogP contribution in [0.5, 0.6) is 5.75 Å². The number of aromatic hydroxyl groups is 1. The summed E-state index contributed by atoms with van der Waals surface area (Å²) in [7, 11) is 0. The van der Waals surface area contributed by atoms with Gasteiger partial charge in [-0.25, -0.2) is 0 Å². The van der Waals surface area contributed by atoms with Gasteiger partial charge in [-0.05, 0) is 30.4 Å². The molecule has 2 rings (SSSR count). The zero-order chi connectivity index (χ0) is 20.9. The van der Waals surface area contributed by atoms with Gasteiger partial charge in [0.1, 0.15) is 17.5 Å². The summed E-state index contributed by atoms with van der Waals surface area (Å²) in [6, 6.07) is 11.4. The number of hydrogen-bond acceptors (Lipinski definition) is 5. The van der Waals surface area contributed by atoms with E-state index in [2.05, 4.69) is 16.0 Å². The molecule has 28 heavy (non-hydrogen) atoms. The summed E-state index contributed by atoms with van der Waals surface area (Å²) >= 11 is 22.8. The Labute approximate surface area is 179 Å². The van der Waals surface area contributed by atoms with Gasteiger partial charge < -0.3 is 21.1 Å². The highest BCUT2D eigenvalue weighted by molar-refractivity contribution is 7.80. The highest BCUT2D eigenvalue weighted by Gasteiger charge is 2.36. The van der Waals surface area contributed by atoms with Gasteiger partial charge in [-0.2, -0.15) is 0 Å². The maximum atomic E-state index is 12.5. The molecular weight excluding hydrogens is 451 g/mol. The van der Waals surface area contributed by atoms with E-state index >= 15 is 0 Å². The molecule has 148 valence electrons. The van der Waals surface area contributed by atoms with Crippen LogP contribution in [0.15, 0.2) is 48.5 Å². The summed E-state index contributed by atoms with van der Waals surface area (Å²) in [6.45, 7) is 0. The van der Waals surface area contributed by atoms with E-state index in [1.54, 1.807) is 12.1 Å². The number of rotatable bonds is 5. The van der Waals surface area contributed by atoms with Gasteiger partial charge >= 0.3 is 0 Å². The maximum Gasteiger partial charge on any atom is 0.282 e. The number of alkyl halides is 3. The van der Waals surface area contributed by atoms with E-state index in [0.717, 1.165) is 0 Å². The molecule has 0 bridgehead atoms. The van der Waals surface area contributed by atoms with Crippen molar-refractivity contribution in [2.24, 2.45) is 0 Å². The maximum absolute atomic E-state index is 12.5. The fraction of sp³-hybridized carbons (Fsp3) is 0.125. The van der Waals surface area contributed by atoms with Crippen molar-refractivity contribution in [1.29, 1.82) is 0 Å². The first-order valence-corrected chi connectivity index (χ1v) is 9.09. The first-order valence-electron chi connectivity index (χ1n) is 7.55. The Bertz CT molecular complexity index is 907. The average Bonchev–Trinajstić information content (AvgIpc) is 2.60. The molecule has 12 heteroatoms. The zero-order valence-electron chi connectivity index (χ0n) is 13.9. The van der Waals surface area contributed by atoms with Gasteiger partial charge in [0.05, 0.1) is 4.92 Å². The molecule has 0 aliphatic carbocycles. The Balaban J connectivity index is 2.15. The molecule has 1 amide bonds. The molecule has 0 saturated carbocycles. The number of nitrogens with zero attached hydrogens (tertiary/aromatic N) is 1. The van der Waals surface area contributed by atoms with Gasteiger partial charge in [0.25, 0.3) is 11.6 Å². The fourth-order valence-corrected chi connectivity index (χ4v) is 2.68. The number of carbonyl (C=O) groups is 1. The molecule has 2 aromatic carbocycles. The second-order valence-corrected chi connectivity index (χ2v) is 8.15. The molecule has 8 nitrogen and oxygen atoms in total. The molecule has 0 radical (unpaired) electrons. The number of nitro benzene ring substituents is 1. The lowest BCUT2D eigenvalue weighted by atomic mass is 10.1. The summed E-state index contributed by atoms with van der Waals surface area (Å²) in [5.74, 6) is -0.827. The van der Waals surface area contributed by atoms with Crippen LogP contribution in [0.2, 0.25) is 0 Å². The normalized spacial score (nSPS) is 12.0. The van der Waals surface area contributed by atoms with Crippen molar-refractivity contribution in [2.45, 2.75) is 9.96 Å². The molecule has 0 fully saturated rings. The Morgan fingerprint density at radius 2 is 1.82 bits per heavy atom. The van der Waals surface area contributed by atoms with Crippen LogP contribution in [0.1, 0.15) is 10.4 Å². The van der Waals surface area contributed by atoms with Gasteiger partial charge in [-0.1, -0.05) is 53.0 Å². The lowest BCUT2D eigenvalue weighted by Crippen LogP contribution is -2.56. The quantitative estimate of drug-likeness (QED) is 0.176. The molecular formula is C16H13Cl3N4O4S. The molecule has 0 saturated heterocycles. The molecule has 2 aromatic rings. The van der Waals surface area contributed by atoms with E-state index in [1.807, 2.05) is 0 Å². The Kier molecular flexibility index (Phi) is 7.25. The number of thiocarbonyl (C=S) groups is 1. The van der Waals surface area contributed by atoms with Crippen LogP contribution < -0.4 is 16.0 Å². The monoisotopic (exact) mass is 462 g/mol. The average molecular weight is 464 g/mol. The number of carbonyl (C=O) groups excluding carboxylic acids is 1. The van der Waals surface area contributed by atoms with Crippen molar-refractivity contribution >= 4 is 69.4 Å². The van der Waals surface area contributed by atoms with Crippen LogP contribution >= 0.6 is 47.0 Å². The summed E-state index contributed by atoms with van der Waals surface area (Å²) in [5, 5.41) is 28.3. The van der Waals surface area contributed by atoms with Crippen LogP contribution in [0.3, 0.4) is 0 Å². The van der Waals surface area contributed by atoms with Crippen LogP contribution in [0.25, 0.3) is 0 Å². The van der Waals surface area contributed by atoms with Gasteiger partial charge in [0.15, 0.2) is 5.11 Å². The van der Waals surface area contributed by atoms with Gasteiger partial charge in [0, 0.05) is 17.8 Å². The highest BCUT2D eigenvalue weighted by Crippen LogP contribution is 2.30. The van der Waals surface area contributed by atoms with Gasteiger partial charge in [-0.3, -0.25) is 14.9 Å². The second kappa shape index (κ2) is 9.24. The van der Waals surface area contributed by atoms with E-state index in [4.69, 9.17) is 47.0 Å². The lowest BCUT2D eigenvalue weighted by molar-refractivity contribution is -0.385. The molecule has 0 aromatic heterocycles. The Hall–Kier alpha value is -2.33. The number of halogens is 3. The number of amides is 1. The smallest absolute Gasteiger partial charge is 0.282 e. The number of phenols is 1. The predicted molar refractivity (Wildman–Crippen MR) is 112 cm³/mol. The van der Waals surface area contributed by atoms with E-state index in [-0.39, 0.29) is 16.4 Å². The largest absolute Gasteiger partial charge is 0.508 e. The minimum Gasteiger partial charge on any atom is -0.508 e. The number of anilines is 1. The predicted octanol–water partition coefficient (Wildman–Crippen LogP) is 3.71. The fourth-order valence-electron chi connectivity index (χ4n) is 2.12. The zero-order valence-corrected chi connectivity index (χ0v) is 16.9. The van der Waals surface area contributed by atoms with Gasteiger partial charge in [0.2, 0.25) is 3.79 Å². The van der Waals surface area contributed by atoms with E-state index in [0.29, 0.717) is 5.69 Å². The summed E-state index contributed by atoms with van der Waals surface area (Å²) in [6.07, 6.45) is -1.32. The second-order valence-electron chi connectivity index (χ2n) is 5.37. The number of benzene rings is 2. The van der Waals surface area contributed by atoms with Crippen LogP contribution in [-0.4, -0.2) is 31.0 Å². The molecule has 0 spiro atoms. The molecule has 4 N–H and O–H groups in total. The van der Waals surface area contributed by atoms with E-state index in [1.165, 1.54) is 36.4 Å². The summed E-state index contributed by atoms with van der Waals surface area (Å²) in [5.41, 5.74) is -0.158. The Morgan fingerprint density at radius 1 is 1.14 bits per heavy atom. The molecule has 0 heterocycles. The van der Waals surface area contributed by atoms with Crippen LogP contribution in [-0.2, 0) is 0 Å². The third-order valence-corrected chi connectivity index (χ3v) is 4.20.